The molecular weight excluding hydrogens is 578 g/mol. The van der Waals surface area contributed by atoms with Gasteiger partial charge in [0.25, 0.3) is 5.91 Å². The van der Waals surface area contributed by atoms with Gasteiger partial charge in [0.15, 0.2) is 0 Å². The van der Waals surface area contributed by atoms with Crippen LogP contribution in [0.5, 0.6) is 11.5 Å². The second-order valence-corrected chi connectivity index (χ2v) is 10.5. The van der Waals surface area contributed by atoms with E-state index in [0.29, 0.717) is 53.8 Å². The van der Waals surface area contributed by atoms with Crippen molar-refractivity contribution < 1.29 is 38.1 Å². The smallest absolute Gasteiger partial charge is 0.407 e. The number of aryl methyl sites for hydroxylation is 2. The highest BCUT2D eigenvalue weighted by Gasteiger charge is 2.14. The summed E-state index contributed by atoms with van der Waals surface area (Å²) in [5.41, 5.74) is 4.22. The van der Waals surface area contributed by atoms with E-state index in [4.69, 9.17) is 23.7 Å². The molecule has 4 aromatic rings. The summed E-state index contributed by atoms with van der Waals surface area (Å²) in [6, 6.07) is 19.5. The molecule has 0 spiro atoms. The van der Waals surface area contributed by atoms with Crippen LogP contribution in [0.3, 0.4) is 0 Å². The Morgan fingerprint density at radius 3 is 2.31 bits per heavy atom. The number of alkyl carbamates (subject to hydrolysis) is 1. The topological polar surface area (TPSA) is 149 Å². The van der Waals surface area contributed by atoms with Crippen molar-refractivity contribution in [1.29, 1.82) is 0 Å². The van der Waals surface area contributed by atoms with Crippen LogP contribution in [0, 0.1) is 6.92 Å². The molecule has 0 radical (unpaired) electrons. The van der Waals surface area contributed by atoms with E-state index in [1.165, 1.54) is 0 Å². The maximum absolute atomic E-state index is 12.6. The number of carbonyl (C=O) groups excluding carboxylic acids is 2. The van der Waals surface area contributed by atoms with Gasteiger partial charge in [-0.05, 0) is 99.0 Å². The molecule has 0 saturated carbocycles. The van der Waals surface area contributed by atoms with Crippen LogP contribution in [0.4, 0.5) is 10.5 Å². The minimum atomic E-state index is -0.900. The van der Waals surface area contributed by atoms with E-state index >= 15 is 0 Å². The molecule has 236 valence electrons. The largest absolute Gasteiger partial charge is 0.497 e. The summed E-state index contributed by atoms with van der Waals surface area (Å²) >= 11 is 0. The number of ether oxygens (including phenoxy) is 3. The summed E-state index contributed by atoms with van der Waals surface area (Å²) in [4.78, 5) is 40.3. The van der Waals surface area contributed by atoms with Crippen LogP contribution < -0.4 is 20.1 Å². The minimum absolute atomic E-state index is 0.0293. The highest BCUT2D eigenvalue weighted by Crippen LogP contribution is 2.25. The first-order valence-electron chi connectivity index (χ1n) is 14.5. The number of aromatic nitrogens is 1. The Hall–Kier alpha value is -5.32. The van der Waals surface area contributed by atoms with Gasteiger partial charge in [0.1, 0.15) is 17.3 Å². The predicted octanol–water partition coefficient (Wildman–Crippen LogP) is 6.18. The number of nitrogens with zero attached hydrogens (tertiary/aromatic N) is 1. The van der Waals surface area contributed by atoms with Crippen LogP contribution in [-0.2, 0) is 28.9 Å². The standard InChI is InChI=1S/C34H37N3O8/c1-21(2)44-34(41)35-20-26-19-29(15-7-23(26)10-16-31(38)39)43-18-17-30-22(3)45-33(37-30)25-5-11-27(12-6-25)36-32(40)24-8-13-28(42-4)14-9-24/h5-9,11-15,19,21H,10,16-18,20H2,1-4H3,(H,35,41)(H,36,40)(H,38,39). The Morgan fingerprint density at radius 2 is 1.64 bits per heavy atom. The van der Waals surface area contributed by atoms with Crippen molar-refractivity contribution in [3.05, 3.63) is 94.9 Å². The Kier molecular flexibility index (Phi) is 11.2. The van der Waals surface area contributed by atoms with Gasteiger partial charge < -0.3 is 34.4 Å². The normalized spacial score (nSPS) is 10.8. The van der Waals surface area contributed by atoms with Crippen LogP contribution in [0.25, 0.3) is 11.5 Å². The van der Waals surface area contributed by atoms with Gasteiger partial charge in [0.05, 0.1) is 25.5 Å². The average molecular weight is 616 g/mol. The molecule has 11 heteroatoms. The molecule has 2 amide bonds. The molecule has 0 saturated heterocycles. The average Bonchev–Trinajstić information content (AvgIpc) is 3.39. The first kappa shape index (κ1) is 32.6. The molecule has 0 aliphatic rings. The Bertz CT molecular complexity index is 1610. The fraction of sp³-hybridized carbons (Fsp3) is 0.294. The molecule has 1 heterocycles. The quantitative estimate of drug-likeness (QED) is 0.151. The summed E-state index contributed by atoms with van der Waals surface area (Å²) in [6.07, 6.45) is -0.0306. The van der Waals surface area contributed by atoms with Crippen LogP contribution >= 0.6 is 0 Å². The number of carbonyl (C=O) groups is 3. The predicted molar refractivity (Wildman–Crippen MR) is 168 cm³/mol. The summed E-state index contributed by atoms with van der Waals surface area (Å²) < 4.78 is 22.2. The van der Waals surface area contributed by atoms with Gasteiger partial charge in [-0.15, -0.1) is 0 Å². The molecule has 4 rings (SSSR count). The van der Waals surface area contributed by atoms with Crippen molar-refractivity contribution in [2.75, 3.05) is 19.0 Å². The van der Waals surface area contributed by atoms with Crippen molar-refractivity contribution in [3.63, 3.8) is 0 Å². The lowest BCUT2D eigenvalue weighted by atomic mass is 10.0. The van der Waals surface area contributed by atoms with Gasteiger partial charge in [-0.1, -0.05) is 6.07 Å². The van der Waals surface area contributed by atoms with Crippen molar-refractivity contribution in [1.82, 2.24) is 10.3 Å². The SMILES string of the molecule is COc1ccc(C(=O)Nc2ccc(-c3nc(CCOc4ccc(CCC(=O)O)c(CNC(=O)OC(C)C)c4)c(C)o3)cc2)cc1. The van der Waals surface area contributed by atoms with Crippen LogP contribution in [0.2, 0.25) is 0 Å². The number of rotatable bonds is 14. The number of carboxylic acid groups (broad SMARTS) is 1. The number of amides is 2. The van der Waals surface area contributed by atoms with Gasteiger partial charge in [-0.2, -0.15) is 0 Å². The first-order chi connectivity index (χ1) is 21.6. The number of nitrogens with one attached hydrogen (secondary N) is 2. The molecule has 0 aliphatic heterocycles. The fourth-order valence-electron chi connectivity index (χ4n) is 4.46. The van der Waals surface area contributed by atoms with Crippen molar-refractivity contribution in [2.45, 2.75) is 52.7 Å². The van der Waals surface area contributed by atoms with Crippen molar-refractivity contribution >= 4 is 23.7 Å². The lowest BCUT2D eigenvalue weighted by Crippen LogP contribution is -2.26. The lowest BCUT2D eigenvalue weighted by Gasteiger charge is -2.14. The van der Waals surface area contributed by atoms with E-state index in [1.54, 1.807) is 69.5 Å². The molecule has 0 atom stereocenters. The maximum atomic E-state index is 12.6. The summed E-state index contributed by atoms with van der Waals surface area (Å²) in [5.74, 6) is 1.26. The number of aliphatic carboxylic acids is 1. The molecule has 0 aliphatic carbocycles. The Morgan fingerprint density at radius 1 is 0.933 bits per heavy atom. The van der Waals surface area contributed by atoms with Crippen molar-refractivity contribution in [3.8, 4) is 23.0 Å². The molecule has 45 heavy (non-hydrogen) atoms. The zero-order valence-corrected chi connectivity index (χ0v) is 25.7. The maximum Gasteiger partial charge on any atom is 0.407 e. The Balaban J connectivity index is 1.35. The van der Waals surface area contributed by atoms with Gasteiger partial charge in [-0.3, -0.25) is 9.59 Å². The second-order valence-electron chi connectivity index (χ2n) is 10.5. The molecule has 1 aromatic heterocycles. The Labute approximate surface area is 261 Å². The van der Waals surface area contributed by atoms with Gasteiger partial charge in [-0.25, -0.2) is 9.78 Å². The minimum Gasteiger partial charge on any atom is -0.497 e. The van der Waals surface area contributed by atoms with Crippen LogP contribution in [0.15, 0.2) is 71.1 Å². The van der Waals surface area contributed by atoms with Crippen molar-refractivity contribution in [2.24, 2.45) is 0 Å². The second kappa shape index (κ2) is 15.4. The molecular formula is C34H37N3O8. The highest BCUT2D eigenvalue weighted by molar-refractivity contribution is 6.04. The third-order valence-corrected chi connectivity index (χ3v) is 6.79. The molecule has 0 fully saturated rings. The zero-order valence-electron chi connectivity index (χ0n) is 25.7. The lowest BCUT2D eigenvalue weighted by molar-refractivity contribution is -0.136. The summed E-state index contributed by atoms with van der Waals surface area (Å²) in [7, 11) is 1.57. The number of anilines is 1. The van der Waals surface area contributed by atoms with Gasteiger partial charge in [0.2, 0.25) is 5.89 Å². The van der Waals surface area contributed by atoms with Crippen LogP contribution in [-0.4, -0.2) is 47.9 Å². The molecule has 3 N–H and O–H groups in total. The van der Waals surface area contributed by atoms with E-state index in [-0.39, 0.29) is 25.0 Å². The van der Waals surface area contributed by atoms with Crippen LogP contribution in [0.1, 0.15) is 53.2 Å². The number of hydrogen-bond acceptors (Lipinski definition) is 8. The van der Waals surface area contributed by atoms with E-state index < -0.39 is 12.1 Å². The highest BCUT2D eigenvalue weighted by atomic mass is 16.6. The summed E-state index contributed by atoms with van der Waals surface area (Å²) in [5, 5.41) is 14.7. The third-order valence-electron chi connectivity index (χ3n) is 6.79. The van der Waals surface area contributed by atoms with Gasteiger partial charge in [0, 0.05) is 36.2 Å². The van der Waals surface area contributed by atoms with E-state index in [0.717, 1.165) is 22.4 Å². The number of benzene rings is 3. The van der Waals surface area contributed by atoms with Gasteiger partial charge >= 0.3 is 12.1 Å². The molecule has 0 bridgehead atoms. The van der Waals surface area contributed by atoms with E-state index in [1.807, 2.05) is 25.1 Å². The molecule has 11 nitrogen and oxygen atoms in total. The monoisotopic (exact) mass is 615 g/mol. The fourth-order valence-corrected chi connectivity index (χ4v) is 4.46. The zero-order chi connectivity index (χ0) is 32.3. The first-order valence-corrected chi connectivity index (χ1v) is 14.5. The number of methoxy groups -OCH3 is 1. The number of carboxylic acids is 1. The third kappa shape index (κ3) is 9.59. The number of hydrogen-bond donors (Lipinski definition) is 3. The molecule has 3 aromatic carbocycles. The summed E-state index contributed by atoms with van der Waals surface area (Å²) in [6.45, 7) is 5.85. The number of oxazole rings is 1. The molecule has 0 unspecified atom stereocenters. The van der Waals surface area contributed by atoms with E-state index in [2.05, 4.69) is 15.6 Å². The van der Waals surface area contributed by atoms with E-state index in [9.17, 15) is 14.4 Å².